The number of hydrogen-bond donors (Lipinski definition) is 3. The van der Waals surface area contributed by atoms with Crippen LogP contribution in [-0.2, 0) is 9.59 Å². The van der Waals surface area contributed by atoms with E-state index in [1.807, 2.05) is 6.07 Å². The van der Waals surface area contributed by atoms with Crippen LogP contribution in [0.5, 0.6) is 0 Å². The number of carboxylic acids is 2. The molecule has 0 saturated heterocycles. The van der Waals surface area contributed by atoms with Crippen LogP contribution < -0.4 is 5.73 Å². The van der Waals surface area contributed by atoms with Gasteiger partial charge in [0.25, 0.3) is 0 Å². The molecule has 0 spiro atoms. The third-order valence-electron chi connectivity index (χ3n) is 3.24. The Morgan fingerprint density at radius 1 is 1.18 bits per heavy atom. The largest absolute Gasteiger partial charge is 0.481 e. The first kappa shape index (κ1) is 11.6. The van der Waals surface area contributed by atoms with Crippen LogP contribution >= 0.6 is 0 Å². The maximum Gasteiger partial charge on any atom is 0.320 e. The highest BCUT2D eigenvalue weighted by atomic mass is 16.4. The predicted octanol–water partition coefficient (Wildman–Crippen LogP) is 0.513. The normalized spacial score (nSPS) is 28.4. The molecule has 2 rings (SSSR count). The lowest BCUT2D eigenvalue weighted by atomic mass is 10.1. The van der Waals surface area contributed by atoms with Crippen molar-refractivity contribution in [2.75, 3.05) is 0 Å². The Balaban J connectivity index is 2.23. The molecule has 17 heavy (non-hydrogen) atoms. The van der Waals surface area contributed by atoms with E-state index in [1.54, 1.807) is 24.3 Å². The molecule has 1 fully saturated rings. The molecule has 0 amide bonds. The Bertz CT molecular complexity index is 445. The lowest BCUT2D eigenvalue weighted by molar-refractivity contribution is -0.140. The van der Waals surface area contributed by atoms with Crippen molar-refractivity contribution in [1.82, 2.24) is 0 Å². The fourth-order valence-electron chi connectivity index (χ4n) is 2.37. The third-order valence-corrected chi connectivity index (χ3v) is 3.24. The number of carboxylic acid groups (broad SMARTS) is 2. The molecule has 5 heteroatoms. The second kappa shape index (κ2) is 4.18. The van der Waals surface area contributed by atoms with Crippen molar-refractivity contribution < 1.29 is 19.8 Å². The van der Waals surface area contributed by atoms with Gasteiger partial charge in [0.2, 0.25) is 0 Å². The highest BCUT2D eigenvalue weighted by molar-refractivity contribution is 5.81. The van der Waals surface area contributed by atoms with Crippen LogP contribution in [0, 0.1) is 11.8 Å². The predicted molar refractivity (Wildman–Crippen MR) is 59.4 cm³/mol. The summed E-state index contributed by atoms with van der Waals surface area (Å²) in [5.41, 5.74) is 6.35. The highest BCUT2D eigenvalue weighted by Crippen LogP contribution is 2.55. The van der Waals surface area contributed by atoms with Gasteiger partial charge in [-0.05, 0) is 5.56 Å². The van der Waals surface area contributed by atoms with Crippen LogP contribution in [-0.4, -0.2) is 28.2 Å². The Morgan fingerprint density at radius 3 is 2.24 bits per heavy atom. The van der Waals surface area contributed by atoms with E-state index < -0.39 is 29.8 Å². The van der Waals surface area contributed by atoms with Crippen LogP contribution in [0.25, 0.3) is 0 Å². The number of nitrogens with two attached hydrogens (primary N) is 1. The summed E-state index contributed by atoms with van der Waals surface area (Å²) in [6, 6.07) is 7.91. The number of hydrogen-bond acceptors (Lipinski definition) is 3. The first-order chi connectivity index (χ1) is 8.04. The second-order valence-electron chi connectivity index (χ2n) is 4.24. The minimum Gasteiger partial charge on any atom is -0.481 e. The average molecular weight is 235 g/mol. The summed E-state index contributed by atoms with van der Waals surface area (Å²) < 4.78 is 0. The van der Waals surface area contributed by atoms with E-state index in [0.717, 1.165) is 5.56 Å². The molecule has 90 valence electrons. The fraction of sp³-hybridized carbons (Fsp3) is 0.333. The lowest BCUT2D eigenvalue weighted by Crippen LogP contribution is -2.33. The van der Waals surface area contributed by atoms with Crippen molar-refractivity contribution >= 4 is 11.9 Å². The van der Waals surface area contributed by atoms with Gasteiger partial charge in [-0.1, -0.05) is 30.3 Å². The Morgan fingerprint density at radius 2 is 1.76 bits per heavy atom. The van der Waals surface area contributed by atoms with Crippen LogP contribution in [0.4, 0.5) is 0 Å². The van der Waals surface area contributed by atoms with E-state index in [4.69, 9.17) is 15.9 Å². The topological polar surface area (TPSA) is 101 Å². The van der Waals surface area contributed by atoms with E-state index in [1.165, 1.54) is 0 Å². The molecule has 0 bridgehead atoms. The van der Waals surface area contributed by atoms with Crippen molar-refractivity contribution in [1.29, 1.82) is 0 Å². The standard InChI is InChI=1S/C12H13NO4/c13-10(12(16)17)8-7(9(8)11(14)15)6-4-2-1-3-5-6/h1-5,7-10H,13H2,(H,14,15)(H,16,17)/t7-,8?,9+,10+/m1/s1. The maximum atomic E-state index is 11.0. The molecule has 4 atom stereocenters. The average Bonchev–Trinajstić information content (AvgIpc) is 3.04. The number of aliphatic carboxylic acids is 2. The minimum absolute atomic E-state index is 0.292. The van der Waals surface area contributed by atoms with E-state index in [2.05, 4.69) is 0 Å². The number of carbonyl (C=O) groups is 2. The van der Waals surface area contributed by atoms with E-state index >= 15 is 0 Å². The van der Waals surface area contributed by atoms with Gasteiger partial charge in [-0.2, -0.15) is 0 Å². The molecule has 1 saturated carbocycles. The fourth-order valence-corrected chi connectivity index (χ4v) is 2.37. The van der Waals surface area contributed by atoms with Gasteiger partial charge in [0.05, 0.1) is 5.92 Å². The van der Waals surface area contributed by atoms with Crippen molar-refractivity contribution in [2.45, 2.75) is 12.0 Å². The number of benzene rings is 1. The minimum atomic E-state index is -1.15. The molecule has 1 aliphatic rings. The number of rotatable bonds is 4. The van der Waals surface area contributed by atoms with Crippen LogP contribution in [0.3, 0.4) is 0 Å². The first-order valence-electron chi connectivity index (χ1n) is 5.30. The van der Waals surface area contributed by atoms with Gasteiger partial charge in [-0.3, -0.25) is 9.59 Å². The molecular weight excluding hydrogens is 222 g/mol. The Kier molecular flexibility index (Phi) is 2.85. The molecule has 0 radical (unpaired) electrons. The zero-order chi connectivity index (χ0) is 12.6. The van der Waals surface area contributed by atoms with Gasteiger partial charge in [0.1, 0.15) is 6.04 Å². The maximum absolute atomic E-state index is 11.0. The lowest BCUT2D eigenvalue weighted by Gasteiger charge is -2.04. The molecule has 0 heterocycles. The molecule has 1 aliphatic carbocycles. The highest BCUT2D eigenvalue weighted by Gasteiger charge is 2.59. The zero-order valence-corrected chi connectivity index (χ0v) is 8.98. The first-order valence-corrected chi connectivity index (χ1v) is 5.30. The van der Waals surface area contributed by atoms with Crippen molar-refractivity contribution in [3.05, 3.63) is 35.9 Å². The monoisotopic (exact) mass is 235 g/mol. The Labute approximate surface area is 97.9 Å². The van der Waals surface area contributed by atoms with E-state index in [9.17, 15) is 9.59 Å². The van der Waals surface area contributed by atoms with Crippen LogP contribution in [0.1, 0.15) is 11.5 Å². The van der Waals surface area contributed by atoms with Gasteiger partial charge < -0.3 is 15.9 Å². The van der Waals surface area contributed by atoms with E-state index in [-0.39, 0.29) is 5.92 Å². The van der Waals surface area contributed by atoms with Crippen LogP contribution in [0.2, 0.25) is 0 Å². The quantitative estimate of drug-likeness (QED) is 0.706. The molecule has 1 aromatic carbocycles. The summed E-state index contributed by atoms with van der Waals surface area (Å²) in [5.74, 6) is -3.64. The van der Waals surface area contributed by atoms with Gasteiger partial charge in [0, 0.05) is 11.8 Å². The molecule has 4 N–H and O–H groups in total. The SMILES string of the molecule is N[C@H](C(=O)O)C1[C@@H](C(=O)O)[C@@H]1c1ccccc1. The van der Waals surface area contributed by atoms with Gasteiger partial charge >= 0.3 is 11.9 Å². The summed E-state index contributed by atoms with van der Waals surface area (Å²) in [5, 5.41) is 17.9. The Hall–Kier alpha value is -1.88. The van der Waals surface area contributed by atoms with Crippen molar-refractivity contribution in [2.24, 2.45) is 17.6 Å². The molecule has 5 nitrogen and oxygen atoms in total. The zero-order valence-electron chi connectivity index (χ0n) is 8.98. The van der Waals surface area contributed by atoms with Gasteiger partial charge in [0.15, 0.2) is 0 Å². The van der Waals surface area contributed by atoms with E-state index in [0.29, 0.717) is 0 Å². The molecule has 0 aromatic heterocycles. The summed E-state index contributed by atoms with van der Waals surface area (Å²) in [4.78, 5) is 21.8. The van der Waals surface area contributed by atoms with Gasteiger partial charge in [-0.25, -0.2) is 0 Å². The summed E-state index contributed by atoms with van der Waals surface area (Å²) >= 11 is 0. The molecule has 0 aliphatic heterocycles. The second-order valence-corrected chi connectivity index (χ2v) is 4.24. The van der Waals surface area contributed by atoms with Gasteiger partial charge in [-0.15, -0.1) is 0 Å². The van der Waals surface area contributed by atoms with Crippen molar-refractivity contribution in [3.63, 3.8) is 0 Å². The van der Waals surface area contributed by atoms with Crippen molar-refractivity contribution in [3.8, 4) is 0 Å². The third kappa shape index (κ3) is 2.01. The van der Waals surface area contributed by atoms with Crippen LogP contribution in [0.15, 0.2) is 30.3 Å². The summed E-state index contributed by atoms with van der Waals surface area (Å²) in [6.07, 6.45) is 0. The molecule has 1 aromatic rings. The smallest absolute Gasteiger partial charge is 0.320 e. The molecule has 1 unspecified atom stereocenters. The summed E-state index contributed by atoms with van der Waals surface area (Å²) in [6.45, 7) is 0. The molecular formula is C12H13NO4. The summed E-state index contributed by atoms with van der Waals surface area (Å²) in [7, 11) is 0.